The van der Waals surface area contributed by atoms with E-state index in [2.05, 4.69) is 23.1 Å². The molecule has 0 saturated carbocycles. The van der Waals surface area contributed by atoms with Crippen molar-refractivity contribution in [3.8, 4) is 0 Å². The highest BCUT2D eigenvalue weighted by atomic mass is 16.5. The van der Waals surface area contributed by atoms with Gasteiger partial charge in [-0.3, -0.25) is 0 Å². The van der Waals surface area contributed by atoms with Crippen LogP contribution in [-0.2, 0) is 9.47 Å². The zero-order chi connectivity index (χ0) is 13.8. The maximum atomic E-state index is 5.28. The van der Waals surface area contributed by atoms with Gasteiger partial charge in [0.25, 0.3) is 0 Å². The molecule has 2 aliphatic rings. The summed E-state index contributed by atoms with van der Waals surface area (Å²) in [5.41, 5.74) is 1.78. The van der Waals surface area contributed by atoms with Gasteiger partial charge in [-0.25, -0.2) is 9.98 Å². The minimum absolute atomic E-state index is 0.0473. The molecule has 2 aliphatic heterocycles. The predicted molar refractivity (Wildman–Crippen MR) is 75.3 cm³/mol. The third-order valence-corrected chi connectivity index (χ3v) is 2.28. The Morgan fingerprint density at radius 2 is 1.72 bits per heavy atom. The summed E-state index contributed by atoms with van der Waals surface area (Å²) in [4.78, 5) is 8.34. The minimum Gasteiger partial charge on any atom is -0.476 e. The van der Waals surface area contributed by atoms with Crippen LogP contribution in [0.25, 0.3) is 0 Å². The molecule has 0 bridgehead atoms. The molecule has 2 rings (SSSR count). The predicted octanol–water partition coefficient (Wildman–Crippen LogP) is 2.76. The molecular formula is C14H22N2O2. The molecule has 0 saturated heterocycles. The van der Waals surface area contributed by atoms with E-state index in [9.17, 15) is 0 Å². The Hall–Kier alpha value is -1.58. The Bertz CT molecular complexity index is 406. The molecule has 0 fully saturated rings. The highest BCUT2D eigenvalue weighted by molar-refractivity contribution is 5.93. The maximum Gasteiger partial charge on any atom is 0.211 e. The Morgan fingerprint density at radius 1 is 1.11 bits per heavy atom. The molecular weight excluding hydrogens is 228 g/mol. The number of hydrogen-bond acceptors (Lipinski definition) is 4. The first-order valence-electron chi connectivity index (χ1n) is 6.03. The lowest BCUT2D eigenvalue weighted by Crippen LogP contribution is -2.17. The Morgan fingerprint density at radius 3 is 1.94 bits per heavy atom. The molecule has 18 heavy (non-hydrogen) atoms. The largest absolute Gasteiger partial charge is 0.476 e. The smallest absolute Gasteiger partial charge is 0.211 e. The minimum atomic E-state index is -0.0473. The average molecular weight is 250 g/mol. The third-order valence-electron chi connectivity index (χ3n) is 2.28. The highest BCUT2D eigenvalue weighted by Gasteiger charge is 2.25. The quantitative estimate of drug-likeness (QED) is 0.756. The van der Waals surface area contributed by atoms with Crippen molar-refractivity contribution in [2.75, 3.05) is 19.8 Å². The number of nitrogens with zero attached hydrogens (tertiary/aromatic N) is 2. The topological polar surface area (TPSA) is 43.2 Å². The molecule has 4 heteroatoms. The van der Waals surface area contributed by atoms with E-state index in [1.165, 1.54) is 0 Å². The lowest BCUT2D eigenvalue weighted by Gasteiger charge is -2.07. The highest BCUT2D eigenvalue weighted by Crippen LogP contribution is 2.19. The second kappa shape index (κ2) is 5.85. The molecule has 0 aromatic rings. The molecule has 0 unspecified atom stereocenters. The van der Waals surface area contributed by atoms with Crippen LogP contribution in [0.1, 0.15) is 27.7 Å². The van der Waals surface area contributed by atoms with Crippen LogP contribution in [0.4, 0.5) is 0 Å². The van der Waals surface area contributed by atoms with Gasteiger partial charge in [-0.2, -0.15) is 0 Å². The van der Waals surface area contributed by atoms with Crippen molar-refractivity contribution in [2.45, 2.75) is 33.2 Å². The third kappa shape index (κ3) is 4.35. The van der Waals surface area contributed by atoms with E-state index < -0.39 is 0 Å². The van der Waals surface area contributed by atoms with Gasteiger partial charge in [0.05, 0.1) is 12.1 Å². The molecule has 4 nitrogen and oxygen atoms in total. The molecule has 0 atom stereocenters. The zero-order valence-corrected chi connectivity index (χ0v) is 11.7. The van der Waals surface area contributed by atoms with E-state index in [4.69, 9.17) is 9.47 Å². The van der Waals surface area contributed by atoms with Gasteiger partial charge in [-0.15, -0.1) is 0 Å². The van der Waals surface area contributed by atoms with E-state index in [0.29, 0.717) is 12.5 Å². The van der Waals surface area contributed by atoms with E-state index in [0.717, 1.165) is 30.2 Å². The van der Waals surface area contributed by atoms with Crippen LogP contribution in [0.5, 0.6) is 0 Å². The van der Waals surface area contributed by atoms with Gasteiger partial charge in [0, 0.05) is 11.1 Å². The van der Waals surface area contributed by atoms with Gasteiger partial charge in [-0.05, 0) is 27.7 Å². The number of rotatable bonds is 2. The van der Waals surface area contributed by atoms with E-state index in [1.807, 2.05) is 27.7 Å². The van der Waals surface area contributed by atoms with Crippen LogP contribution in [0.3, 0.4) is 0 Å². The van der Waals surface area contributed by atoms with Gasteiger partial charge >= 0.3 is 0 Å². The van der Waals surface area contributed by atoms with Crippen LogP contribution >= 0.6 is 0 Å². The summed E-state index contributed by atoms with van der Waals surface area (Å²) >= 11 is 0. The Kier molecular flexibility index (Phi) is 4.70. The average Bonchev–Trinajstić information content (AvgIpc) is 2.87. The molecule has 0 aliphatic carbocycles. The van der Waals surface area contributed by atoms with Crippen LogP contribution in [0, 0.1) is 0 Å². The first-order valence-corrected chi connectivity index (χ1v) is 6.03. The fourth-order valence-electron chi connectivity index (χ4n) is 1.40. The molecule has 0 amide bonds. The molecule has 0 aromatic heterocycles. The van der Waals surface area contributed by atoms with Gasteiger partial charge in [0.15, 0.2) is 0 Å². The lowest BCUT2D eigenvalue weighted by molar-refractivity contribution is 0.279. The standard InChI is InChI=1S/C8H13NO.C6H9NO/c1-6(2)7-9-8(3,4)5-10-7;1-5(2)6-7-3-4-8-6/h1,5H2,2-4H3;1,3-4H2,2H3. The fourth-order valence-corrected chi connectivity index (χ4v) is 1.40. The van der Waals surface area contributed by atoms with Gasteiger partial charge in [-0.1, -0.05) is 13.2 Å². The summed E-state index contributed by atoms with van der Waals surface area (Å²) < 4.78 is 10.3. The first kappa shape index (κ1) is 14.5. The summed E-state index contributed by atoms with van der Waals surface area (Å²) in [6.45, 7) is 17.5. The summed E-state index contributed by atoms with van der Waals surface area (Å²) in [6.07, 6.45) is 0. The molecule has 0 N–H and O–H groups in total. The fraction of sp³-hybridized carbons (Fsp3) is 0.571. The van der Waals surface area contributed by atoms with Crippen LogP contribution in [-0.4, -0.2) is 37.1 Å². The lowest BCUT2D eigenvalue weighted by atomic mass is 10.1. The van der Waals surface area contributed by atoms with Crippen molar-refractivity contribution in [3.63, 3.8) is 0 Å². The molecule has 2 heterocycles. The summed E-state index contributed by atoms with van der Waals surface area (Å²) in [7, 11) is 0. The van der Waals surface area contributed by atoms with Crippen LogP contribution < -0.4 is 0 Å². The van der Waals surface area contributed by atoms with Gasteiger partial charge < -0.3 is 9.47 Å². The summed E-state index contributed by atoms with van der Waals surface area (Å²) in [5, 5.41) is 0. The van der Waals surface area contributed by atoms with Gasteiger partial charge in [0.1, 0.15) is 13.2 Å². The number of ether oxygens (including phenoxy) is 2. The molecule has 0 aromatic carbocycles. The zero-order valence-electron chi connectivity index (χ0n) is 11.7. The second-order valence-corrected chi connectivity index (χ2v) is 5.11. The second-order valence-electron chi connectivity index (χ2n) is 5.11. The summed E-state index contributed by atoms with van der Waals surface area (Å²) in [5.74, 6) is 1.44. The van der Waals surface area contributed by atoms with Crippen LogP contribution in [0.2, 0.25) is 0 Å². The number of aliphatic imine (C=N–C) groups is 2. The van der Waals surface area contributed by atoms with E-state index in [-0.39, 0.29) is 5.54 Å². The normalized spacial score (nSPS) is 19.8. The van der Waals surface area contributed by atoms with E-state index in [1.54, 1.807) is 0 Å². The van der Waals surface area contributed by atoms with Crippen molar-refractivity contribution in [1.82, 2.24) is 0 Å². The molecule has 0 spiro atoms. The van der Waals surface area contributed by atoms with Crippen LogP contribution in [0.15, 0.2) is 34.3 Å². The molecule has 100 valence electrons. The van der Waals surface area contributed by atoms with Crippen molar-refractivity contribution in [3.05, 3.63) is 24.3 Å². The summed E-state index contributed by atoms with van der Waals surface area (Å²) in [6, 6.07) is 0. The monoisotopic (exact) mass is 250 g/mol. The number of hydrogen-bond donors (Lipinski definition) is 0. The van der Waals surface area contributed by atoms with Crippen molar-refractivity contribution in [1.29, 1.82) is 0 Å². The van der Waals surface area contributed by atoms with Crippen molar-refractivity contribution >= 4 is 11.8 Å². The Balaban J connectivity index is 0.000000184. The Labute approximate surface area is 109 Å². The van der Waals surface area contributed by atoms with E-state index >= 15 is 0 Å². The maximum absolute atomic E-state index is 5.28. The van der Waals surface area contributed by atoms with Crippen molar-refractivity contribution in [2.24, 2.45) is 9.98 Å². The van der Waals surface area contributed by atoms with Crippen molar-refractivity contribution < 1.29 is 9.47 Å². The van der Waals surface area contributed by atoms with Gasteiger partial charge in [0.2, 0.25) is 11.8 Å². The molecule has 0 radical (unpaired) electrons. The SMILES string of the molecule is C=C(C)C1=NC(C)(C)CO1.C=C(C)C1=NCCO1. The first-order chi connectivity index (χ1) is 8.32.